The minimum atomic E-state index is -0.301. The van der Waals surface area contributed by atoms with E-state index in [1.54, 1.807) is 19.2 Å². The van der Waals surface area contributed by atoms with Crippen LogP contribution in [0.3, 0.4) is 0 Å². The summed E-state index contributed by atoms with van der Waals surface area (Å²) in [5, 5.41) is 8.89. The van der Waals surface area contributed by atoms with Crippen LogP contribution >= 0.6 is 0 Å². The third kappa shape index (κ3) is 3.18. The molecule has 0 bridgehead atoms. The Bertz CT molecular complexity index is 331. The number of benzene rings is 1. The van der Waals surface area contributed by atoms with Gasteiger partial charge < -0.3 is 14.7 Å². The van der Waals surface area contributed by atoms with E-state index in [0.717, 1.165) is 6.54 Å². The van der Waals surface area contributed by atoms with Gasteiger partial charge in [-0.2, -0.15) is 0 Å². The predicted molar refractivity (Wildman–Crippen MR) is 62.1 cm³/mol. The molecule has 0 saturated carbocycles. The third-order valence-corrected chi connectivity index (χ3v) is 2.48. The van der Waals surface area contributed by atoms with Crippen molar-refractivity contribution in [1.29, 1.82) is 0 Å². The molecule has 0 aliphatic rings. The van der Waals surface area contributed by atoms with Crippen molar-refractivity contribution in [3.8, 4) is 0 Å². The molecule has 0 aromatic heterocycles. The summed E-state index contributed by atoms with van der Waals surface area (Å²) in [6.07, 6.45) is 0. The number of hydrogen-bond acceptors (Lipinski definition) is 3. The van der Waals surface area contributed by atoms with Crippen molar-refractivity contribution in [2.45, 2.75) is 13.5 Å². The molecule has 0 saturated heterocycles. The molecule has 16 heavy (non-hydrogen) atoms. The maximum Gasteiger partial charge on any atom is 0.146 e. The Morgan fingerprint density at radius 3 is 2.69 bits per heavy atom. The van der Waals surface area contributed by atoms with Gasteiger partial charge >= 0.3 is 0 Å². The molecule has 0 amide bonds. The van der Waals surface area contributed by atoms with Crippen LogP contribution in [-0.4, -0.2) is 31.9 Å². The molecule has 0 radical (unpaired) electrons. The summed E-state index contributed by atoms with van der Waals surface area (Å²) < 4.78 is 18.7. The van der Waals surface area contributed by atoms with Gasteiger partial charge in [0.05, 0.1) is 18.9 Å². The molecular weight excluding hydrogens is 209 g/mol. The molecule has 0 aliphatic heterocycles. The maximum absolute atomic E-state index is 13.7. The van der Waals surface area contributed by atoms with Crippen LogP contribution < -0.4 is 4.90 Å². The fourth-order valence-electron chi connectivity index (χ4n) is 1.56. The SMILES string of the molecule is CCN(CCOC)c1ccc(CO)cc1F. The first-order chi connectivity index (χ1) is 7.72. The van der Waals surface area contributed by atoms with Crippen LogP contribution in [-0.2, 0) is 11.3 Å². The van der Waals surface area contributed by atoms with E-state index in [0.29, 0.717) is 24.4 Å². The third-order valence-electron chi connectivity index (χ3n) is 2.48. The maximum atomic E-state index is 13.7. The molecule has 1 rings (SSSR count). The van der Waals surface area contributed by atoms with Crippen LogP contribution in [0.4, 0.5) is 10.1 Å². The fourth-order valence-corrected chi connectivity index (χ4v) is 1.56. The molecule has 0 fully saturated rings. The number of nitrogens with zero attached hydrogens (tertiary/aromatic N) is 1. The van der Waals surface area contributed by atoms with Crippen molar-refractivity contribution in [3.05, 3.63) is 29.6 Å². The van der Waals surface area contributed by atoms with Crippen LogP contribution in [0.15, 0.2) is 18.2 Å². The monoisotopic (exact) mass is 227 g/mol. The molecule has 0 aliphatic carbocycles. The van der Waals surface area contributed by atoms with Crippen LogP contribution in [0.5, 0.6) is 0 Å². The van der Waals surface area contributed by atoms with E-state index in [9.17, 15) is 4.39 Å². The number of aliphatic hydroxyl groups excluding tert-OH is 1. The van der Waals surface area contributed by atoms with Gasteiger partial charge in [-0.25, -0.2) is 4.39 Å². The van der Waals surface area contributed by atoms with Crippen molar-refractivity contribution < 1.29 is 14.2 Å². The second-order valence-electron chi connectivity index (χ2n) is 3.52. The molecular formula is C12H18FNO2. The molecule has 3 nitrogen and oxygen atoms in total. The highest BCUT2D eigenvalue weighted by molar-refractivity contribution is 5.49. The molecule has 0 unspecified atom stereocenters. The van der Waals surface area contributed by atoms with Crippen molar-refractivity contribution >= 4 is 5.69 Å². The first kappa shape index (κ1) is 12.9. The highest BCUT2D eigenvalue weighted by Gasteiger charge is 2.10. The lowest BCUT2D eigenvalue weighted by molar-refractivity contribution is 0.205. The average Bonchev–Trinajstić information content (AvgIpc) is 2.31. The van der Waals surface area contributed by atoms with E-state index >= 15 is 0 Å². The number of anilines is 1. The number of rotatable bonds is 6. The van der Waals surface area contributed by atoms with Gasteiger partial charge in [-0.1, -0.05) is 6.07 Å². The molecule has 90 valence electrons. The first-order valence-electron chi connectivity index (χ1n) is 5.36. The topological polar surface area (TPSA) is 32.7 Å². The van der Waals surface area contributed by atoms with E-state index < -0.39 is 0 Å². The van der Waals surface area contributed by atoms with Crippen LogP contribution in [0.25, 0.3) is 0 Å². The smallest absolute Gasteiger partial charge is 0.146 e. The van der Waals surface area contributed by atoms with E-state index in [4.69, 9.17) is 9.84 Å². The van der Waals surface area contributed by atoms with Crippen molar-refractivity contribution in [2.75, 3.05) is 31.7 Å². The number of likely N-dealkylation sites (N-methyl/N-ethyl adjacent to an activating group) is 1. The Kier molecular flexibility index (Phi) is 5.22. The van der Waals surface area contributed by atoms with E-state index in [1.165, 1.54) is 6.07 Å². The van der Waals surface area contributed by atoms with Gasteiger partial charge in [-0.3, -0.25) is 0 Å². The number of methoxy groups -OCH3 is 1. The summed E-state index contributed by atoms with van der Waals surface area (Å²) in [5.74, 6) is -0.301. The lowest BCUT2D eigenvalue weighted by Crippen LogP contribution is -2.27. The second-order valence-corrected chi connectivity index (χ2v) is 3.52. The fraction of sp³-hybridized carbons (Fsp3) is 0.500. The van der Waals surface area contributed by atoms with Gasteiger partial charge in [0.15, 0.2) is 0 Å². The van der Waals surface area contributed by atoms with Gasteiger partial charge in [-0.05, 0) is 24.6 Å². The molecule has 1 aromatic rings. The zero-order valence-electron chi connectivity index (χ0n) is 9.74. The number of halogens is 1. The Labute approximate surface area is 95.5 Å². The lowest BCUT2D eigenvalue weighted by Gasteiger charge is -2.23. The predicted octanol–water partition coefficient (Wildman–Crippen LogP) is 1.79. The normalized spacial score (nSPS) is 10.5. The van der Waals surface area contributed by atoms with Gasteiger partial charge in [0.25, 0.3) is 0 Å². The Morgan fingerprint density at radius 1 is 1.44 bits per heavy atom. The van der Waals surface area contributed by atoms with Gasteiger partial charge in [0, 0.05) is 20.2 Å². The zero-order valence-corrected chi connectivity index (χ0v) is 9.74. The average molecular weight is 227 g/mol. The second kappa shape index (κ2) is 6.45. The Morgan fingerprint density at radius 2 is 2.19 bits per heavy atom. The van der Waals surface area contributed by atoms with Crippen molar-refractivity contribution in [3.63, 3.8) is 0 Å². The van der Waals surface area contributed by atoms with Gasteiger partial charge in [0.2, 0.25) is 0 Å². The molecule has 0 heterocycles. The summed E-state index contributed by atoms with van der Waals surface area (Å²) in [5.41, 5.74) is 1.14. The van der Waals surface area contributed by atoms with Crippen LogP contribution in [0, 0.1) is 5.82 Å². The standard InChI is InChI=1S/C12H18FNO2/c1-3-14(6-7-16-2)12-5-4-10(9-15)8-11(12)13/h4-5,8,15H,3,6-7,9H2,1-2H3. The summed E-state index contributed by atoms with van der Waals surface area (Å²) in [7, 11) is 1.62. The van der Waals surface area contributed by atoms with Crippen molar-refractivity contribution in [2.24, 2.45) is 0 Å². The van der Waals surface area contributed by atoms with Gasteiger partial charge in [0.1, 0.15) is 5.82 Å². The number of ether oxygens (including phenoxy) is 1. The quantitative estimate of drug-likeness (QED) is 0.804. The molecule has 4 heteroatoms. The summed E-state index contributed by atoms with van der Waals surface area (Å²) in [6, 6.07) is 4.79. The van der Waals surface area contributed by atoms with E-state index in [-0.39, 0.29) is 12.4 Å². The molecule has 0 atom stereocenters. The number of aliphatic hydroxyl groups is 1. The Balaban J connectivity index is 2.83. The summed E-state index contributed by atoms with van der Waals surface area (Å²) in [4.78, 5) is 1.90. The summed E-state index contributed by atoms with van der Waals surface area (Å²) in [6.45, 7) is 3.77. The van der Waals surface area contributed by atoms with Crippen LogP contribution in [0.1, 0.15) is 12.5 Å². The number of hydrogen-bond donors (Lipinski definition) is 1. The highest BCUT2D eigenvalue weighted by atomic mass is 19.1. The minimum Gasteiger partial charge on any atom is -0.392 e. The molecule has 1 N–H and O–H groups in total. The highest BCUT2D eigenvalue weighted by Crippen LogP contribution is 2.20. The van der Waals surface area contributed by atoms with Crippen molar-refractivity contribution in [1.82, 2.24) is 0 Å². The molecule has 1 aromatic carbocycles. The Hall–Kier alpha value is -1.13. The van der Waals surface area contributed by atoms with Crippen LogP contribution in [0.2, 0.25) is 0 Å². The van der Waals surface area contributed by atoms with Gasteiger partial charge in [-0.15, -0.1) is 0 Å². The van der Waals surface area contributed by atoms with E-state index in [2.05, 4.69) is 0 Å². The summed E-state index contributed by atoms with van der Waals surface area (Å²) >= 11 is 0. The van der Waals surface area contributed by atoms with E-state index in [1.807, 2.05) is 11.8 Å². The lowest BCUT2D eigenvalue weighted by atomic mass is 10.2. The first-order valence-corrected chi connectivity index (χ1v) is 5.36. The zero-order chi connectivity index (χ0) is 12.0. The minimum absolute atomic E-state index is 0.138. The largest absolute Gasteiger partial charge is 0.392 e. The molecule has 0 spiro atoms.